The summed E-state index contributed by atoms with van der Waals surface area (Å²) in [5, 5.41) is 11.4. The Morgan fingerprint density at radius 2 is 1.96 bits per heavy atom. The van der Waals surface area contributed by atoms with E-state index in [1.54, 1.807) is 24.9 Å². The molecule has 0 aromatic heterocycles. The van der Waals surface area contributed by atoms with Gasteiger partial charge in [-0.05, 0) is 57.4 Å². The number of ether oxygens (including phenoxy) is 1. The molecule has 1 aliphatic heterocycles. The maximum atomic E-state index is 10.7. The first kappa shape index (κ1) is 17.3. The summed E-state index contributed by atoms with van der Waals surface area (Å²) in [7, 11) is 5.69. The van der Waals surface area contributed by atoms with Crippen molar-refractivity contribution < 1.29 is 9.84 Å². The van der Waals surface area contributed by atoms with Gasteiger partial charge in [0.1, 0.15) is 5.69 Å². The second-order valence-electron chi connectivity index (χ2n) is 5.99. The monoisotopic (exact) mass is 364 g/mol. The van der Waals surface area contributed by atoms with E-state index >= 15 is 0 Å². The second-order valence-corrected chi connectivity index (χ2v) is 7.51. The average Bonchev–Trinajstić information content (AvgIpc) is 2.54. The van der Waals surface area contributed by atoms with Crippen LogP contribution >= 0.6 is 23.4 Å². The molecule has 0 spiro atoms. The van der Waals surface area contributed by atoms with E-state index in [1.807, 2.05) is 24.3 Å². The van der Waals surface area contributed by atoms with Crippen LogP contribution in [0.2, 0.25) is 5.02 Å². The number of methoxy groups -OCH3 is 1. The van der Waals surface area contributed by atoms with Crippen molar-refractivity contribution in [1.82, 2.24) is 4.90 Å². The predicted molar refractivity (Wildman–Crippen MR) is 100 cm³/mol. The van der Waals surface area contributed by atoms with Gasteiger partial charge < -0.3 is 19.6 Å². The number of halogens is 1. The number of fused-ring (bicyclic) bond motifs is 2. The van der Waals surface area contributed by atoms with E-state index in [4.69, 9.17) is 16.3 Å². The minimum absolute atomic E-state index is 0.179. The molecule has 0 saturated carbocycles. The van der Waals surface area contributed by atoms with Crippen LogP contribution in [-0.2, 0) is 0 Å². The van der Waals surface area contributed by atoms with Crippen LogP contribution in [0, 0.1) is 0 Å². The highest BCUT2D eigenvalue weighted by Gasteiger charge is 2.28. The Morgan fingerprint density at radius 3 is 2.67 bits per heavy atom. The van der Waals surface area contributed by atoms with Gasteiger partial charge in [0.05, 0.1) is 12.8 Å². The van der Waals surface area contributed by atoms with Crippen molar-refractivity contribution in [3.63, 3.8) is 0 Å². The predicted octanol–water partition coefficient (Wildman–Crippen LogP) is 4.61. The Balaban J connectivity index is 2.05. The number of anilines is 2. The molecule has 0 aliphatic carbocycles. The molecule has 2 aromatic rings. The van der Waals surface area contributed by atoms with Gasteiger partial charge in [0.25, 0.3) is 0 Å². The fraction of sp³-hybridized carbons (Fsp3) is 0.333. The highest BCUT2D eigenvalue weighted by atomic mass is 35.5. The second kappa shape index (κ2) is 7.13. The zero-order chi connectivity index (χ0) is 17.3. The van der Waals surface area contributed by atoms with Gasteiger partial charge in [-0.1, -0.05) is 23.4 Å². The quantitative estimate of drug-likeness (QED) is 0.838. The molecular weight excluding hydrogens is 344 g/mol. The van der Waals surface area contributed by atoms with Crippen molar-refractivity contribution in [3.8, 4) is 11.5 Å². The van der Waals surface area contributed by atoms with E-state index in [2.05, 4.69) is 23.9 Å². The molecule has 128 valence electrons. The number of hydrogen-bond acceptors (Lipinski definition) is 5. The topological polar surface area (TPSA) is 35.9 Å². The molecule has 0 unspecified atom stereocenters. The van der Waals surface area contributed by atoms with Crippen LogP contribution in [0.3, 0.4) is 0 Å². The van der Waals surface area contributed by atoms with E-state index < -0.39 is 0 Å². The number of phenols is 1. The molecule has 0 bridgehead atoms. The number of benzene rings is 2. The number of phenolic OH excluding ortho intramolecular Hbond substituents is 1. The lowest BCUT2D eigenvalue weighted by Gasteiger charge is -2.34. The van der Waals surface area contributed by atoms with Gasteiger partial charge in [-0.2, -0.15) is 0 Å². The van der Waals surface area contributed by atoms with Crippen LogP contribution in [0.1, 0.15) is 6.42 Å². The van der Waals surface area contributed by atoms with Gasteiger partial charge in [-0.3, -0.25) is 0 Å². The molecule has 1 N–H and O–H groups in total. The molecule has 0 amide bonds. The maximum Gasteiger partial charge on any atom is 0.183 e. The summed E-state index contributed by atoms with van der Waals surface area (Å²) in [6.07, 6.45) is 0.972. The number of hydrogen-bond donors (Lipinski definition) is 1. The van der Waals surface area contributed by atoms with E-state index in [0.717, 1.165) is 40.7 Å². The van der Waals surface area contributed by atoms with Gasteiger partial charge in [-0.25, -0.2) is 0 Å². The third kappa shape index (κ3) is 3.29. The van der Waals surface area contributed by atoms with Crippen LogP contribution in [0.5, 0.6) is 11.5 Å². The van der Waals surface area contributed by atoms with Crippen LogP contribution in [-0.4, -0.2) is 44.3 Å². The summed E-state index contributed by atoms with van der Waals surface area (Å²) >= 11 is 7.86. The lowest BCUT2D eigenvalue weighted by Crippen LogP contribution is -2.25. The fourth-order valence-electron chi connectivity index (χ4n) is 2.85. The first-order chi connectivity index (χ1) is 11.5. The zero-order valence-corrected chi connectivity index (χ0v) is 15.6. The van der Waals surface area contributed by atoms with Gasteiger partial charge in [0, 0.05) is 21.4 Å². The lowest BCUT2D eigenvalue weighted by molar-refractivity contribution is 0.372. The van der Waals surface area contributed by atoms with Crippen LogP contribution in [0.15, 0.2) is 40.1 Å². The van der Waals surface area contributed by atoms with Gasteiger partial charge >= 0.3 is 0 Å². The number of nitrogens with zero attached hydrogens (tertiary/aromatic N) is 2. The van der Waals surface area contributed by atoms with Crippen molar-refractivity contribution in [2.45, 2.75) is 16.2 Å². The summed E-state index contributed by atoms with van der Waals surface area (Å²) in [6, 6.07) is 9.70. The summed E-state index contributed by atoms with van der Waals surface area (Å²) < 4.78 is 5.29. The van der Waals surface area contributed by atoms with Crippen molar-refractivity contribution in [1.29, 1.82) is 0 Å². The average molecular weight is 365 g/mol. The summed E-state index contributed by atoms with van der Waals surface area (Å²) in [5.74, 6) is 0.662. The minimum Gasteiger partial charge on any atom is -0.503 e. The van der Waals surface area contributed by atoms with Crippen molar-refractivity contribution in [2.24, 2.45) is 0 Å². The standard InChI is InChI=1S/C18H21ClN2O2S/c1-20(2)9-4-10-21-13-11-12(19)5-7-15(13)24-16-8-6-14(23-3)18(22)17(16)21/h5-8,11,22H,4,9-10H2,1-3H3. The molecule has 1 aliphatic rings. The van der Waals surface area contributed by atoms with Crippen molar-refractivity contribution >= 4 is 34.7 Å². The molecule has 4 nitrogen and oxygen atoms in total. The summed E-state index contributed by atoms with van der Waals surface area (Å²) in [6.45, 7) is 1.76. The first-order valence-electron chi connectivity index (χ1n) is 7.81. The Kier molecular flexibility index (Phi) is 5.13. The van der Waals surface area contributed by atoms with Gasteiger partial charge in [-0.15, -0.1) is 0 Å². The SMILES string of the molecule is COc1ccc2c(c1O)N(CCCN(C)C)c1cc(Cl)ccc1S2. The molecule has 24 heavy (non-hydrogen) atoms. The van der Waals surface area contributed by atoms with Crippen molar-refractivity contribution in [2.75, 3.05) is 39.2 Å². The van der Waals surface area contributed by atoms with Crippen LogP contribution < -0.4 is 9.64 Å². The molecule has 0 saturated heterocycles. The van der Waals surface area contributed by atoms with Gasteiger partial charge in [0.15, 0.2) is 11.5 Å². The number of rotatable bonds is 5. The van der Waals surface area contributed by atoms with Crippen LogP contribution in [0.25, 0.3) is 0 Å². The molecule has 1 heterocycles. The molecule has 6 heteroatoms. The third-order valence-corrected chi connectivity index (χ3v) is 5.34. The molecule has 0 atom stereocenters. The highest BCUT2D eigenvalue weighted by molar-refractivity contribution is 7.99. The Labute approximate surface area is 152 Å². The van der Waals surface area contributed by atoms with Crippen molar-refractivity contribution in [3.05, 3.63) is 35.4 Å². The molecule has 2 aromatic carbocycles. The fourth-order valence-corrected chi connectivity index (χ4v) is 4.11. The Morgan fingerprint density at radius 1 is 1.21 bits per heavy atom. The largest absolute Gasteiger partial charge is 0.503 e. The smallest absolute Gasteiger partial charge is 0.183 e. The van der Waals surface area contributed by atoms with E-state index in [1.165, 1.54) is 0 Å². The molecule has 0 radical (unpaired) electrons. The molecule has 0 fully saturated rings. The highest BCUT2D eigenvalue weighted by Crippen LogP contribution is 2.54. The Bertz CT molecular complexity index is 752. The summed E-state index contributed by atoms with van der Waals surface area (Å²) in [4.78, 5) is 6.47. The van der Waals surface area contributed by atoms with Gasteiger partial charge in [0.2, 0.25) is 0 Å². The molecular formula is C18H21ClN2O2S. The normalized spacial score (nSPS) is 13.0. The van der Waals surface area contributed by atoms with E-state index in [9.17, 15) is 5.11 Å². The number of aromatic hydroxyl groups is 1. The Hall–Kier alpha value is -1.56. The van der Waals surface area contributed by atoms with Crippen LogP contribution in [0.4, 0.5) is 11.4 Å². The first-order valence-corrected chi connectivity index (χ1v) is 9.00. The zero-order valence-electron chi connectivity index (χ0n) is 14.0. The van der Waals surface area contributed by atoms with E-state index in [0.29, 0.717) is 10.8 Å². The minimum atomic E-state index is 0.179. The third-order valence-electron chi connectivity index (χ3n) is 3.99. The molecule has 3 rings (SSSR count). The van der Waals surface area contributed by atoms with E-state index in [-0.39, 0.29) is 5.75 Å². The summed E-state index contributed by atoms with van der Waals surface area (Å²) in [5.41, 5.74) is 1.83. The maximum absolute atomic E-state index is 10.7. The lowest BCUT2D eigenvalue weighted by atomic mass is 10.2.